The van der Waals surface area contributed by atoms with Crippen LogP contribution in [-0.2, 0) is 4.79 Å². The molecule has 102 valence electrons. The zero-order valence-electron chi connectivity index (χ0n) is 12.1. The summed E-state index contributed by atoms with van der Waals surface area (Å²) in [6.07, 6.45) is 8.02. The Labute approximate surface area is 107 Å². The number of aliphatic carboxylic acids is 1. The average molecular weight is 242 g/mol. The standard InChI is InChI=1S/C15H30O2/c1-5-7-11-15(6-2,14(16)17)12-9-8-10-13(3)4/h13H,5-12H2,1-4H3,(H,16,17). The van der Waals surface area contributed by atoms with Crippen LogP contribution in [0.1, 0.15) is 79.1 Å². The average Bonchev–Trinajstić information content (AvgIpc) is 2.28. The van der Waals surface area contributed by atoms with Gasteiger partial charge in [0.15, 0.2) is 0 Å². The van der Waals surface area contributed by atoms with E-state index in [9.17, 15) is 9.90 Å². The molecule has 17 heavy (non-hydrogen) atoms. The second-order valence-electron chi connectivity index (χ2n) is 5.68. The normalized spacial score (nSPS) is 14.9. The zero-order chi connectivity index (χ0) is 13.3. The molecule has 0 amide bonds. The first-order valence-electron chi connectivity index (χ1n) is 7.22. The van der Waals surface area contributed by atoms with Gasteiger partial charge in [-0.25, -0.2) is 0 Å². The van der Waals surface area contributed by atoms with E-state index >= 15 is 0 Å². The number of hydrogen-bond donors (Lipinski definition) is 1. The van der Waals surface area contributed by atoms with Gasteiger partial charge in [-0.05, 0) is 25.2 Å². The molecule has 0 aromatic rings. The Balaban J connectivity index is 4.22. The molecule has 0 aliphatic heterocycles. The number of carbonyl (C=O) groups is 1. The van der Waals surface area contributed by atoms with Crippen LogP contribution < -0.4 is 0 Å². The van der Waals surface area contributed by atoms with Crippen LogP contribution in [-0.4, -0.2) is 11.1 Å². The summed E-state index contributed by atoms with van der Waals surface area (Å²) in [6, 6.07) is 0. The highest BCUT2D eigenvalue weighted by Crippen LogP contribution is 2.35. The minimum atomic E-state index is -0.585. The van der Waals surface area contributed by atoms with Gasteiger partial charge in [0.05, 0.1) is 5.41 Å². The predicted molar refractivity (Wildman–Crippen MR) is 73.2 cm³/mol. The maximum atomic E-state index is 11.5. The van der Waals surface area contributed by atoms with Crippen molar-refractivity contribution < 1.29 is 9.90 Å². The van der Waals surface area contributed by atoms with Crippen molar-refractivity contribution in [2.24, 2.45) is 11.3 Å². The number of hydrogen-bond acceptors (Lipinski definition) is 1. The molecule has 1 N–H and O–H groups in total. The quantitative estimate of drug-likeness (QED) is 0.555. The van der Waals surface area contributed by atoms with E-state index in [-0.39, 0.29) is 0 Å². The van der Waals surface area contributed by atoms with Crippen LogP contribution in [0.5, 0.6) is 0 Å². The van der Waals surface area contributed by atoms with Gasteiger partial charge in [-0.2, -0.15) is 0 Å². The predicted octanol–water partition coefficient (Wildman–Crippen LogP) is 4.87. The number of carboxylic acid groups (broad SMARTS) is 1. The molecule has 0 saturated heterocycles. The number of rotatable bonds is 10. The Morgan fingerprint density at radius 3 is 2.12 bits per heavy atom. The fourth-order valence-corrected chi connectivity index (χ4v) is 2.37. The zero-order valence-corrected chi connectivity index (χ0v) is 12.1. The molecule has 0 radical (unpaired) electrons. The van der Waals surface area contributed by atoms with Gasteiger partial charge in [0.25, 0.3) is 0 Å². The maximum Gasteiger partial charge on any atom is 0.309 e. The monoisotopic (exact) mass is 242 g/mol. The Morgan fingerprint density at radius 1 is 1.12 bits per heavy atom. The Kier molecular flexibility index (Phi) is 8.28. The number of unbranched alkanes of at least 4 members (excludes halogenated alkanes) is 2. The summed E-state index contributed by atoms with van der Waals surface area (Å²) >= 11 is 0. The van der Waals surface area contributed by atoms with Gasteiger partial charge in [-0.15, -0.1) is 0 Å². The van der Waals surface area contributed by atoms with Crippen molar-refractivity contribution in [2.45, 2.75) is 79.1 Å². The molecule has 0 rings (SSSR count). The summed E-state index contributed by atoms with van der Waals surface area (Å²) in [7, 11) is 0. The molecule has 0 aliphatic carbocycles. The van der Waals surface area contributed by atoms with E-state index in [1.54, 1.807) is 0 Å². The van der Waals surface area contributed by atoms with Crippen LogP contribution >= 0.6 is 0 Å². The molecular formula is C15H30O2. The van der Waals surface area contributed by atoms with Crippen molar-refractivity contribution in [3.05, 3.63) is 0 Å². The lowest BCUT2D eigenvalue weighted by molar-refractivity contribution is -0.150. The molecule has 0 bridgehead atoms. The van der Waals surface area contributed by atoms with Crippen molar-refractivity contribution in [1.82, 2.24) is 0 Å². The summed E-state index contributed by atoms with van der Waals surface area (Å²) in [4.78, 5) is 11.5. The van der Waals surface area contributed by atoms with Crippen LogP contribution in [0.25, 0.3) is 0 Å². The molecule has 0 spiro atoms. The Morgan fingerprint density at radius 2 is 1.71 bits per heavy atom. The lowest BCUT2D eigenvalue weighted by Crippen LogP contribution is -2.30. The molecule has 1 unspecified atom stereocenters. The topological polar surface area (TPSA) is 37.3 Å². The highest BCUT2D eigenvalue weighted by molar-refractivity contribution is 5.74. The first-order chi connectivity index (χ1) is 7.98. The van der Waals surface area contributed by atoms with E-state index < -0.39 is 11.4 Å². The third kappa shape index (κ3) is 6.09. The van der Waals surface area contributed by atoms with Crippen molar-refractivity contribution in [2.75, 3.05) is 0 Å². The van der Waals surface area contributed by atoms with Crippen molar-refractivity contribution >= 4 is 5.97 Å². The summed E-state index contributed by atoms with van der Waals surface area (Å²) in [5.41, 5.74) is -0.451. The van der Waals surface area contributed by atoms with Crippen LogP contribution in [0.3, 0.4) is 0 Å². The van der Waals surface area contributed by atoms with Crippen molar-refractivity contribution in [3.8, 4) is 0 Å². The van der Waals surface area contributed by atoms with Gasteiger partial charge in [0.1, 0.15) is 0 Å². The van der Waals surface area contributed by atoms with Crippen LogP contribution in [0, 0.1) is 11.3 Å². The fourth-order valence-electron chi connectivity index (χ4n) is 2.37. The molecule has 0 aliphatic rings. The van der Waals surface area contributed by atoms with E-state index in [0.29, 0.717) is 0 Å². The molecule has 2 heteroatoms. The summed E-state index contributed by atoms with van der Waals surface area (Å²) in [6.45, 7) is 8.59. The lowest BCUT2D eigenvalue weighted by Gasteiger charge is -2.28. The van der Waals surface area contributed by atoms with Gasteiger partial charge in [0, 0.05) is 0 Å². The highest BCUT2D eigenvalue weighted by atomic mass is 16.4. The second-order valence-corrected chi connectivity index (χ2v) is 5.68. The smallest absolute Gasteiger partial charge is 0.309 e. The SMILES string of the molecule is CCCCC(CC)(CCCCC(C)C)C(=O)O. The van der Waals surface area contributed by atoms with Crippen molar-refractivity contribution in [3.63, 3.8) is 0 Å². The van der Waals surface area contributed by atoms with Gasteiger partial charge in [0.2, 0.25) is 0 Å². The Bertz CT molecular complexity index is 211. The second kappa shape index (κ2) is 8.54. The molecule has 1 atom stereocenters. The largest absolute Gasteiger partial charge is 0.481 e. The molecule has 0 aromatic heterocycles. The molecule has 0 aromatic carbocycles. The van der Waals surface area contributed by atoms with Crippen molar-refractivity contribution in [1.29, 1.82) is 0 Å². The summed E-state index contributed by atoms with van der Waals surface area (Å²) in [5, 5.41) is 9.46. The maximum absolute atomic E-state index is 11.5. The highest BCUT2D eigenvalue weighted by Gasteiger charge is 2.35. The third-order valence-corrected chi connectivity index (χ3v) is 3.83. The first kappa shape index (κ1) is 16.5. The minimum Gasteiger partial charge on any atom is -0.481 e. The van der Waals surface area contributed by atoms with Gasteiger partial charge < -0.3 is 5.11 Å². The van der Waals surface area contributed by atoms with E-state index in [1.807, 2.05) is 6.92 Å². The third-order valence-electron chi connectivity index (χ3n) is 3.83. The Hall–Kier alpha value is -0.530. The van der Waals surface area contributed by atoms with E-state index in [1.165, 1.54) is 12.8 Å². The van der Waals surface area contributed by atoms with Crippen LogP contribution in [0.4, 0.5) is 0 Å². The van der Waals surface area contributed by atoms with E-state index in [0.717, 1.165) is 44.4 Å². The molecule has 0 fully saturated rings. The van der Waals surface area contributed by atoms with Crippen LogP contribution in [0.15, 0.2) is 0 Å². The first-order valence-corrected chi connectivity index (χ1v) is 7.22. The van der Waals surface area contributed by atoms with E-state index in [2.05, 4.69) is 20.8 Å². The molecule has 0 saturated carbocycles. The molecule has 0 heterocycles. The number of carboxylic acids is 1. The minimum absolute atomic E-state index is 0.451. The summed E-state index contributed by atoms with van der Waals surface area (Å²) < 4.78 is 0. The molecule has 2 nitrogen and oxygen atoms in total. The molecular weight excluding hydrogens is 212 g/mol. The van der Waals surface area contributed by atoms with Gasteiger partial charge in [-0.3, -0.25) is 4.79 Å². The lowest BCUT2D eigenvalue weighted by atomic mass is 9.76. The van der Waals surface area contributed by atoms with Gasteiger partial charge in [-0.1, -0.05) is 59.8 Å². The summed E-state index contributed by atoms with van der Waals surface area (Å²) in [5.74, 6) is 0.143. The van der Waals surface area contributed by atoms with Crippen LogP contribution in [0.2, 0.25) is 0 Å². The fraction of sp³-hybridized carbons (Fsp3) is 0.933. The van der Waals surface area contributed by atoms with E-state index in [4.69, 9.17) is 0 Å². The van der Waals surface area contributed by atoms with Gasteiger partial charge >= 0.3 is 5.97 Å².